The Bertz CT molecular complexity index is 1130. The minimum absolute atomic E-state index is 0.156. The predicted molar refractivity (Wildman–Crippen MR) is 139 cm³/mol. The largest absolute Gasteiger partial charge is 0.394 e. The van der Waals surface area contributed by atoms with Crippen LogP contribution in [0.2, 0.25) is 0 Å². The number of carbonyl (C=O) groups excluding carboxylic acids is 2. The van der Waals surface area contributed by atoms with Crippen molar-refractivity contribution in [2.75, 3.05) is 57.7 Å². The zero-order chi connectivity index (χ0) is 26.4. The molecule has 0 spiro atoms. The van der Waals surface area contributed by atoms with Crippen molar-refractivity contribution in [1.82, 2.24) is 24.3 Å². The van der Waals surface area contributed by atoms with Gasteiger partial charge in [-0.15, -0.1) is 0 Å². The first-order valence-corrected chi connectivity index (χ1v) is 12.7. The number of hydrogen-bond donors (Lipinski definition) is 4. The number of carbonyl (C=O) groups is 2. The Morgan fingerprint density at radius 1 is 1.08 bits per heavy atom. The number of nitrogens with two attached hydrogens (primary N) is 2. The molecule has 2 aliphatic heterocycles. The monoisotopic (exact) mass is 512 g/mol. The molecule has 2 saturated heterocycles. The van der Waals surface area contributed by atoms with Crippen molar-refractivity contribution in [3.63, 3.8) is 0 Å². The van der Waals surface area contributed by atoms with Crippen LogP contribution >= 0.6 is 0 Å². The second-order valence-electron chi connectivity index (χ2n) is 9.62. The summed E-state index contributed by atoms with van der Waals surface area (Å²) in [7, 11) is 0. The molecule has 1 aromatic heterocycles. The highest BCUT2D eigenvalue weighted by molar-refractivity contribution is 5.88. The van der Waals surface area contributed by atoms with Gasteiger partial charge in [0.1, 0.15) is 11.9 Å². The van der Waals surface area contributed by atoms with E-state index < -0.39 is 24.4 Å². The number of aliphatic hydroxyl groups is 1. The van der Waals surface area contributed by atoms with E-state index in [2.05, 4.69) is 15.2 Å². The van der Waals surface area contributed by atoms with Gasteiger partial charge in [-0.25, -0.2) is 9.59 Å². The first-order valence-electron chi connectivity index (χ1n) is 12.7. The van der Waals surface area contributed by atoms with Gasteiger partial charge in [0.15, 0.2) is 0 Å². The number of anilines is 1. The predicted octanol–water partition coefficient (Wildman–Crippen LogP) is -0.806. The van der Waals surface area contributed by atoms with Gasteiger partial charge in [-0.3, -0.25) is 14.7 Å². The number of rotatable bonds is 7. The van der Waals surface area contributed by atoms with Crippen molar-refractivity contribution in [2.45, 2.75) is 31.3 Å². The summed E-state index contributed by atoms with van der Waals surface area (Å²) >= 11 is 0. The average Bonchev–Trinajstić information content (AvgIpc) is 2.91. The van der Waals surface area contributed by atoms with Gasteiger partial charge in [0.05, 0.1) is 12.3 Å². The van der Waals surface area contributed by atoms with Gasteiger partial charge < -0.3 is 31.3 Å². The van der Waals surface area contributed by atoms with Crippen LogP contribution in [0.25, 0.3) is 5.69 Å². The van der Waals surface area contributed by atoms with Gasteiger partial charge in [0.25, 0.3) is 0 Å². The molecule has 0 aliphatic carbocycles. The van der Waals surface area contributed by atoms with Crippen LogP contribution in [0.4, 0.5) is 10.6 Å². The lowest BCUT2D eigenvalue weighted by molar-refractivity contribution is -0.134. The molecule has 0 bridgehead atoms. The highest BCUT2D eigenvalue weighted by Crippen LogP contribution is 2.13. The summed E-state index contributed by atoms with van der Waals surface area (Å²) in [6, 6.07) is 8.30. The van der Waals surface area contributed by atoms with E-state index in [0.717, 1.165) is 38.9 Å². The highest BCUT2D eigenvalue weighted by atomic mass is 16.3. The molecule has 200 valence electrons. The number of piperazine rings is 1. The minimum atomic E-state index is -0.953. The number of nitrogens with one attached hydrogen (secondary N) is 1. The fourth-order valence-corrected chi connectivity index (χ4v) is 4.71. The molecule has 4 rings (SSSR count). The van der Waals surface area contributed by atoms with Gasteiger partial charge in [-0.2, -0.15) is 4.98 Å². The highest BCUT2D eigenvalue weighted by Gasteiger charge is 2.27. The van der Waals surface area contributed by atoms with E-state index in [1.54, 1.807) is 12.3 Å². The number of likely N-dealkylation sites (tertiary alicyclic amines) is 1. The molecule has 0 saturated carbocycles. The maximum absolute atomic E-state index is 12.6. The Hall–Kier alpha value is -3.32. The smallest absolute Gasteiger partial charge is 0.354 e. The first-order chi connectivity index (χ1) is 17.8. The lowest BCUT2D eigenvalue weighted by atomic mass is 10.1. The number of hydrogen-bond acceptors (Lipinski definition) is 8. The Labute approximate surface area is 215 Å². The average molecular weight is 513 g/mol. The summed E-state index contributed by atoms with van der Waals surface area (Å²) < 4.78 is 1.43. The van der Waals surface area contributed by atoms with E-state index in [9.17, 15) is 14.4 Å². The van der Waals surface area contributed by atoms with Crippen molar-refractivity contribution >= 4 is 17.8 Å². The van der Waals surface area contributed by atoms with Gasteiger partial charge in [0, 0.05) is 51.5 Å². The van der Waals surface area contributed by atoms with Crippen molar-refractivity contribution in [3.05, 3.63) is 52.6 Å². The van der Waals surface area contributed by atoms with Crippen LogP contribution in [0.15, 0.2) is 41.3 Å². The van der Waals surface area contributed by atoms with Gasteiger partial charge >= 0.3 is 11.7 Å². The molecule has 2 atom stereocenters. The second-order valence-corrected chi connectivity index (χ2v) is 9.62. The molecule has 37 heavy (non-hydrogen) atoms. The molecule has 6 N–H and O–H groups in total. The van der Waals surface area contributed by atoms with Crippen LogP contribution in [-0.4, -0.2) is 106 Å². The summed E-state index contributed by atoms with van der Waals surface area (Å²) in [6.07, 6.45) is 4.74. The topological polar surface area (TPSA) is 163 Å². The summed E-state index contributed by atoms with van der Waals surface area (Å²) in [5.74, 6) is -0.184. The lowest BCUT2D eigenvalue weighted by Crippen LogP contribution is -2.55. The van der Waals surface area contributed by atoms with E-state index in [0.29, 0.717) is 31.9 Å². The molecular formula is C25H36N8O4. The number of aliphatic hydroxyl groups excluding tert-OH is 1. The number of nitrogens with zero attached hydrogens (tertiary/aromatic N) is 5. The number of benzene rings is 1. The molecule has 12 heteroatoms. The zero-order valence-electron chi connectivity index (χ0n) is 21.0. The third-order valence-corrected chi connectivity index (χ3v) is 6.90. The van der Waals surface area contributed by atoms with E-state index >= 15 is 0 Å². The minimum Gasteiger partial charge on any atom is -0.394 e. The Morgan fingerprint density at radius 3 is 2.43 bits per heavy atom. The summed E-state index contributed by atoms with van der Waals surface area (Å²) in [5, 5.41) is 11.7. The summed E-state index contributed by atoms with van der Waals surface area (Å²) in [4.78, 5) is 46.8. The molecule has 1 aromatic carbocycles. The fraction of sp³-hybridized carbons (Fsp3) is 0.520. The zero-order valence-corrected chi connectivity index (χ0v) is 21.0. The van der Waals surface area contributed by atoms with Crippen molar-refractivity contribution in [1.29, 1.82) is 0 Å². The van der Waals surface area contributed by atoms with Gasteiger partial charge in [-0.1, -0.05) is 12.1 Å². The van der Waals surface area contributed by atoms with Gasteiger partial charge in [0.2, 0.25) is 5.91 Å². The molecule has 2 aliphatic rings. The molecule has 3 heterocycles. The summed E-state index contributed by atoms with van der Waals surface area (Å²) in [5.41, 5.74) is 13.0. The van der Waals surface area contributed by atoms with Crippen molar-refractivity contribution < 1.29 is 14.7 Å². The number of piperidine rings is 1. The molecular weight excluding hydrogens is 476 g/mol. The van der Waals surface area contributed by atoms with E-state index in [1.807, 2.05) is 24.3 Å². The van der Waals surface area contributed by atoms with Crippen LogP contribution in [-0.2, 0) is 11.2 Å². The van der Waals surface area contributed by atoms with Crippen LogP contribution in [0.3, 0.4) is 0 Å². The summed E-state index contributed by atoms with van der Waals surface area (Å²) in [6.45, 7) is 3.82. The van der Waals surface area contributed by atoms with Crippen molar-refractivity contribution in [3.8, 4) is 5.69 Å². The standard InChI is InChI=1S/C25H36N8O4/c26-19-2-1-9-30(16-19)10-7-18-3-5-20(6-4-18)33-11-8-22(29-25(33)37)28-24(36)32-14-12-31(13-15-32)23(35)21(27)17-34/h3-6,8,11,19,21,34H,1-2,7,9-10,12-17,26-27H2,(H,28,29,36,37)/t19-,21?/m1/s1. The Kier molecular flexibility index (Phi) is 8.87. The van der Waals surface area contributed by atoms with E-state index in [-0.39, 0.29) is 17.8 Å². The molecule has 2 aromatic rings. The van der Waals surface area contributed by atoms with Crippen LogP contribution in [0, 0.1) is 0 Å². The Morgan fingerprint density at radius 2 is 1.78 bits per heavy atom. The quantitative estimate of drug-likeness (QED) is 0.374. The van der Waals surface area contributed by atoms with E-state index in [4.69, 9.17) is 16.6 Å². The number of amides is 3. The SMILES string of the molecule is NC(CO)C(=O)N1CCN(C(=O)Nc2ccn(-c3ccc(CCN4CCC[C@@H](N)C4)cc3)c(=O)n2)CC1. The van der Waals surface area contributed by atoms with Crippen LogP contribution < -0.4 is 22.5 Å². The maximum Gasteiger partial charge on any atom is 0.354 e. The molecule has 1 unspecified atom stereocenters. The molecule has 12 nitrogen and oxygen atoms in total. The number of urea groups is 1. The Balaban J connectivity index is 1.29. The lowest BCUT2D eigenvalue weighted by Gasteiger charge is -2.35. The van der Waals surface area contributed by atoms with Crippen LogP contribution in [0.5, 0.6) is 0 Å². The maximum atomic E-state index is 12.6. The molecule has 3 amide bonds. The normalized spacial score (nSPS) is 19.5. The molecule has 0 radical (unpaired) electrons. The number of aromatic nitrogens is 2. The molecule has 2 fully saturated rings. The fourth-order valence-electron chi connectivity index (χ4n) is 4.71. The first kappa shape index (κ1) is 26.7. The third-order valence-electron chi connectivity index (χ3n) is 6.90. The third kappa shape index (κ3) is 6.92. The van der Waals surface area contributed by atoms with Crippen molar-refractivity contribution in [2.24, 2.45) is 11.5 Å². The van der Waals surface area contributed by atoms with Gasteiger partial charge in [-0.05, 0) is 49.6 Å². The van der Waals surface area contributed by atoms with E-state index in [1.165, 1.54) is 19.9 Å². The second kappa shape index (κ2) is 12.3. The van der Waals surface area contributed by atoms with Crippen LogP contribution in [0.1, 0.15) is 18.4 Å².